The maximum absolute atomic E-state index is 5.81. The third-order valence-corrected chi connectivity index (χ3v) is 3.99. The number of aryl methyl sites for hydroxylation is 1. The van der Waals surface area contributed by atoms with Crippen molar-refractivity contribution < 1.29 is 0 Å². The summed E-state index contributed by atoms with van der Waals surface area (Å²) in [4.78, 5) is 9.34. The summed E-state index contributed by atoms with van der Waals surface area (Å²) in [7, 11) is 0. The van der Waals surface area contributed by atoms with Crippen molar-refractivity contribution in [1.29, 1.82) is 0 Å². The van der Waals surface area contributed by atoms with Gasteiger partial charge in [0.15, 0.2) is 0 Å². The Morgan fingerprint density at radius 2 is 2.00 bits per heavy atom. The maximum atomic E-state index is 5.81. The van der Waals surface area contributed by atoms with E-state index in [0.717, 1.165) is 43.2 Å². The summed E-state index contributed by atoms with van der Waals surface area (Å²) in [5.41, 5.74) is 7.70. The molecule has 18 heavy (non-hydrogen) atoms. The molecule has 0 aliphatic carbocycles. The Hall–Kier alpha value is -1.29. The van der Waals surface area contributed by atoms with Gasteiger partial charge in [0.2, 0.25) is 0 Å². The Kier molecular flexibility index (Phi) is 4.07. The predicted molar refractivity (Wildman–Crippen MR) is 76.9 cm³/mol. The highest BCUT2D eigenvalue weighted by atomic mass is 15.3. The third kappa shape index (κ3) is 2.75. The fraction of sp³-hybridized carbons (Fsp3) is 0.643. The normalized spacial score (nSPS) is 18.9. The molecule has 1 aromatic heterocycles. The van der Waals surface area contributed by atoms with Gasteiger partial charge in [-0.15, -0.1) is 0 Å². The Bertz CT molecular complexity index is 397. The standard InChI is InChI=1S/C14H24N4/c1-4-12(3)17-5-7-18(8-6-17)14-9-11(2)13(15)10-16-14/h9-10,12H,4-8,15H2,1-3H3. The van der Waals surface area contributed by atoms with Crippen LogP contribution in [-0.2, 0) is 0 Å². The van der Waals surface area contributed by atoms with Crippen LogP contribution in [0, 0.1) is 6.92 Å². The summed E-state index contributed by atoms with van der Waals surface area (Å²) >= 11 is 0. The second kappa shape index (κ2) is 5.57. The number of anilines is 2. The highest BCUT2D eigenvalue weighted by molar-refractivity contribution is 5.52. The molecule has 4 nitrogen and oxygen atoms in total. The second-order valence-corrected chi connectivity index (χ2v) is 5.18. The summed E-state index contributed by atoms with van der Waals surface area (Å²) in [6, 6.07) is 2.78. The van der Waals surface area contributed by atoms with Crippen molar-refractivity contribution in [3.63, 3.8) is 0 Å². The molecule has 0 radical (unpaired) electrons. The molecule has 0 bridgehead atoms. The zero-order valence-corrected chi connectivity index (χ0v) is 11.7. The van der Waals surface area contributed by atoms with E-state index in [-0.39, 0.29) is 0 Å². The van der Waals surface area contributed by atoms with Crippen LogP contribution in [0.1, 0.15) is 25.8 Å². The van der Waals surface area contributed by atoms with E-state index < -0.39 is 0 Å². The van der Waals surface area contributed by atoms with Gasteiger partial charge in [0, 0.05) is 32.2 Å². The zero-order chi connectivity index (χ0) is 13.1. The minimum Gasteiger partial charge on any atom is -0.397 e. The van der Waals surface area contributed by atoms with Crippen molar-refractivity contribution in [3.8, 4) is 0 Å². The fourth-order valence-electron chi connectivity index (χ4n) is 2.37. The van der Waals surface area contributed by atoms with E-state index in [9.17, 15) is 0 Å². The molecule has 1 aliphatic rings. The third-order valence-electron chi connectivity index (χ3n) is 3.99. The average molecular weight is 248 g/mol. The highest BCUT2D eigenvalue weighted by Gasteiger charge is 2.20. The van der Waals surface area contributed by atoms with E-state index in [2.05, 4.69) is 34.7 Å². The summed E-state index contributed by atoms with van der Waals surface area (Å²) in [6.07, 6.45) is 2.99. The van der Waals surface area contributed by atoms with Gasteiger partial charge in [-0.25, -0.2) is 4.98 Å². The van der Waals surface area contributed by atoms with Crippen molar-refractivity contribution >= 4 is 11.5 Å². The van der Waals surface area contributed by atoms with Gasteiger partial charge in [0.1, 0.15) is 5.82 Å². The average Bonchev–Trinajstić information content (AvgIpc) is 2.41. The Morgan fingerprint density at radius 1 is 1.33 bits per heavy atom. The lowest BCUT2D eigenvalue weighted by Crippen LogP contribution is -2.49. The van der Waals surface area contributed by atoms with E-state index in [0.29, 0.717) is 6.04 Å². The van der Waals surface area contributed by atoms with E-state index in [1.165, 1.54) is 6.42 Å². The lowest BCUT2D eigenvalue weighted by atomic mass is 10.2. The molecule has 2 heterocycles. The summed E-state index contributed by atoms with van der Waals surface area (Å²) in [5, 5.41) is 0. The van der Waals surface area contributed by atoms with Crippen LogP contribution in [0.4, 0.5) is 11.5 Å². The molecule has 1 saturated heterocycles. The molecule has 2 N–H and O–H groups in total. The van der Waals surface area contributed by atoms with Crippen LogP contribution >= 0.6 is 0 Å². The fourth-order valence-corrected chi connectivity index (χ4v) is 2.37. The molecular formula is C14H24N4. The number of nitrogens with zero attached hydrogens (tertiary/aromatic N) is 3. The summed E-state index contributed by atoms with van der Waals surface area (Å²) in [6.45, 7) is 11.0. The lowest BCUT2D eigenvalue weighted by molar-refractivity contribution is 0.192. The van der Waals surface area contributed by atoms with Gasteiger partial charge in [-0.2, -0.15) is 0 Å². The van der Waals surface area contributed by atoms with Crippen LogP contribution in [0.25, 0.3) is 0 Å². The number of pyridine rings is 1. The van der Waals surface area contributed by atoms with Crippen LogP contribution in [0.2, 0.25) is 0 Å². The molecular weight excluding hydrogens is 224 g/mol. The topological polar surface area (TPSA) is 45.4 Å². The minimum absolute atomic E-state index is 0.688. The number of nitrogens with two attached hydrogens (primary N) is 1. The first-order chi connectivity index (χ1) is 8.61. The van der Waals surface area contributed by atoms with Crippen molar-refractivity contribution in [3.05, 3.63) is 17.8 Å². The summed E-state index contributed by atoms with van der Waals surface area (Å²) in [5.74, 6) is 1.06. The van der Waals surface area contributed by atoms with E-state index in [4.69, 9.17) is 5.73 Å². The van der Waals surface area contributed by atoms with Gasteiger partial charge in [0.25, 0.3) is 0 Å². The molecule has 1 unspecified atom stereocenters. The Morgan fingerprint density at radius 3 is 2.56 bits per heavy atom. The van der Waals surface area contributed by atoms with Crippen LogP contribution in [-0.4, -0.2) is 42.1 Å². The lowest BCUT2D eigenvalue weighted by Gasteiger charge is -2.38. The van der Waals surface area contributed by atoms with Crippen LogP contribution in [0.5, 0.6) is 0 Å². The molecule has 0 amide bonds. The predicted octanol–water partition coefficient (Wildman–Crippen LogP) is 1.89. The van der Waals surface area contributed by atoms with E-state index in [1.54, 1.807) is 6.20 Å². The second-order valence-electron chi connectivity index (χ2n) is 5.18. The van der Waals surface area contributed by atoms with Crippen molar-refractivity contribution in [1.82, 2.24) is 9.88 Å². The number of hydrogen-bond acceptors (Lipinski definition) is 4. The molecule has 1 fully saturated rings. The number of piperazine rings is 1. The van der Waals surface area contributed by atoms with Crippen LogP contribution in [0.15, 0.2) is 12.3 Å². The number of aromatic nitrogens is 1. The quantitative estimate of drug-likeness (QED) is 0.887. The molecule has 0 spiro atoms. The zero-order valence-electron chi connectivity index (χ0n) is 11.7. The maximum Gasteiger partial charge on any atom is 0.128 e. The Labute approximate surface area is 110 Å². The van der Waals surface area contributed by atoms with Crippen molar-refractivity contribution in [2.75, 3.05) is 36.8 Å². The highest BCUT2D eigenvalue weighted by Crippen LogP contribution is 2.19. The molecule has 0 saturated carbocycles. The van der Waals surface area contributed by atoms with Gasteiger partial charge in [-0.3, -0.25) is 4.90 Å². The van der Waals surface area contributed by atoms with Gasteiger partial charge in [0.05, 0.1) is 11.9 Å². The summed E-state index contributed by atoms with van der Waals surface area (Å²) < 4.78 is 0. The van der Waals surface area contributed by atoms with Crippen molar-refractivity contribution in [2.24, 2.45) is 0 Å². The molecule has 100 valence electrons. The minimum atomic E-state index is 0.688. The van der Waals surface area contributed by atoms with Gasteiger partial charge < -0.3 is 10.6 Å². The van der Waals surface area contributed by atoms with Crippen molar-refractivity contribution in [2.45, 2.75) is 33.2 Å². The molecule has 0 aromatic carbocycles. The number of rotatable bonds is 3. The molecule has 1 aromatic rings. The number of nitrogen functional groups attached to an aromatic ring is 1. The molecule has 1 atom stereocenters. The van der Waals surface area contributed by atoms with Gasteiger partial charge in [-0.1, -0.05) is 6.92 Å². The first kappa shape index (κ1) is 13.1. The Balaban J connectivity index is 1.99. The van der Waals surface area contributed by atoms with Gasteiger partial charge >= 0.3 is 0 Å². The molecule has 1 aliphatic heterocycles. The van der Waals surface area contributed by atoms with E-state index >= 15 is 0 Å². The first-order valence-corrected chi connectivity index (χ1v) is 6.83. The van der Waals surface area contributed by atoms with E-state index in [1.807, 2.05) is 6.92 Å². The molecule has 2 rings (SSSR count). The van der Waals surface area contributed by atoms with Crippen LogP contribution < -0.4 is 10.6 Å². The van der Waals surface area contributed by atoms with Crippen LogP contribution in [0.3, 0.4) is 0 Å². The smallest absolute Gasteiger partial charge is 0.128 e. The monoisotopic (exact) mass is 248 g/mol. The SMILES string of the molecule is CCC(C)N1CCN(c2cc(C)c(N)cn2)CC1. The first-order valence-electron chi connectivity index (χ1n) is 6.83. The number of hydrogen-bond donors (Lipinski definition) is 1. The molecule has 4 heteroatoms. The largest absolute Gasteiger partial charge is 0.397 e. The van der Waals surface area contributed by atoms with Gasteiger partial charge in [-0.05, 0) is 31.9 Å².